The van der Waals surface area contributed by atoms with Gasteiger partial charge in [-0.25, -0.2) is 0 Å². The van der Waals surface area contributed by atoms with Crippen LogP contribution in [0.4, 0.5) is 11.4 Å². The Morgan fingerprint density at radius 2 is 1.89 bits per heavy atom. The van der Waals surface area contributed by atoms with Crippen LogP contribution in [0.2, 0.25) is 10.0 Å². The van der Waals surface area contributed by atoms with Crippen molar-refractivity contribution in [3.05, 3.63) is 62.6 Å². The Morgan fingerprint density at radius 3 is 2.54 bits per heavy atom. The molecule has 2 heterocycles. The molecule has 1 saturated heterocycles. The number of fused-ring (bicyclic) bond motifs is 1. The van der Waals surface area contributed by atoms with Crippen LogP contribution in [0.15, 0.2) is 35.9 Å². The monoisotopic (exact) mass is 529 g/mol. The van der Waals surface area contributed by atoms with Crippen LogP contribution < -0.4 is 15.1 Å². The maximum Gasteiger partial charge on any atom is 0.270 e. The van der Waals surface area contributed by atoms with Crippen molar-refractivity contribution in [3.8, 4) is 0 Å². The normalized spacial score (nSPS) is 20.8. The fraction of sp³-hybridized carbons (Fsp3) is 0.370. The Kier molecular flexibility index (Phi) is 7.02. The molecule has 2 aromatic carbocycles. The Morgan fingerprint density at radius 1 is 1.17 bits per heavy atom. The lowest BCUT2D eigenvalue weighted by molar-refractivity contribution is -0.122. The van der Waals surface area contributed by atoms with E-state index < -0.39 is 11.8 Å². The highest BCUT2D eigenvalue weighted by molar-refractivity contribution is 7.80. The number of anilines is 2. The van der Waals surface area contributed by atoms with Crippen LogP contribution in [0.5, 0.6) is 0 Å². The molecule has 0 spiro atoms. The topological polar surface area (TPSA) is 52.7 Å². The Balaban J connectivity index is 1.77. The molecule has 2 aliphatic rings. The molecular weight excluding hydrogens is 501 g/mol. The predicted molar refractivity (Wildman–Crippen MR) is 149 cm³/mol. The number of nitrogens with zero attached hydrogens (tertiary/aromatic N) is 2. The van der Waals surface area contributed by atoms with Gasteiger partial charge in [0.05, 0.1) is 15.7 Å². The van der Waals surface area contributed by atoms with E-state index in [4.69, 9.17) is 35.4 Å². The fourth-order valence-corrected chi connectivity index (χ4v) is 5.70. The van der Waals surface area contributed by atoms with Gasteiger partial charge in [0.15, 0.2) is 5.11 Å². The summed E-state index contributed by atoms with van der Waals surface area (Å²) >= 11 is 17.5. The lowest BCUT2D eigenvalue weighted by Gasteiger charge is -2.48. The molecule has 184 valence electrons. The van der Waals surface area contributed by atoms with Crippen LogP contribution in [0, 0.1) is 6.92 Å². The van der Waals surface area contributed by atoms with E-state index in [9.17, 15) is 9.59 Å². The smallest absolute Gasteiger partial charge is 0.270 e. The van der Waals surface area contributed by atoms with Gasteiger partial charge in [-0.05, 0) is 105 Å². The highest BCUT2D eigenvalue weighted by Crippen LogP contribution is 2.44. The summed E-state index contributed by atoms with van der Waals surface area (Å²) in [7, 11) is 0. The zero-order valence-corrected chi connectivity index (χ0v) is 22.9. The first kappa shape index (κ1) is 25.7. The number of aryl methyl sites for hydroxylation is 1. The number of thiocarbonyl (C=S) groups is 1. The largest absolute Gasteiger partial charge is 0.366 e. The molecule has 2 aromatic rings. The van der Waals surface area contributed by atoms with E-state index in [1.54, 1.807) is 24.3 Å². The third kappa shape index (κ3) is 4.72. The van der Waals surface area contributed by atoms with Crippen molar-refractivity contribution in [2.24, 2.45) is 0 Å². The van der Waals surface area contributed by atoms with Crippen LogP contribution in [0.1, 0.15) is 63.1 Å². The molecule has 0 bridgehead atoms. The second-order valence-corrected chi connectivity index (χ2v) is 11.1. The first-order valence-corrected chi connectivity index (χ1v) is 12.9. The number of hydrogen-bond acceptors (Lipinski definition) is 4. The summed E-state index contributed by atoms with van der Waals surface area (Å²) in [6.07, 6.45) is 3.75. The van der Waals surface area contributed by atoms with Gasteiger partial charge in [0, 0.05) is 17.8 Å². The van der Waals surface area contributed by atoms with Gasteiger partial charge in [0.25, 0.3) is 11.8 Å². The van der Waals surface area contributed by atoms with Gasteiger partial charge in [-0.2, -0.15) is 0 Å². The quantitative estimate of drug-likeness (QED) is 0.274. The number of hydrogen-bond donors (Lipinski definition) is 1. The molecule has 1 fully saturated rings. The van der Waals surface area contributed by atoms with E-state index in [2.05, 4.69) is 50.0 Å². The molecule has 2 aliphatic heterocycles. The van der Waals surface area contributed by atoms with Crippen LogP contribution in [0.25, 0.3) is 6.08 Å². The maximum absolute atomic E-state index is 13.5. The van der Waals surface area contributed by atoms with Gasteiger partial charge in [-0.3, -0.25) is 19.8 Å². The number of nitrogens with one attached hydrogen (secondary N) is 1. The highest BCUT2D eigenvalue weighted by Gasteiger charge is 2.37. The van der Waals surface area contributed by atoms with Gasteiger partial charge < -0.3 is 4.90 Å². The van der Waals surface area contributed by atoms with Gasteiger partial charge in [-0.15, -0.1) is 0 Å². The van der Waals surface area contributed by atoms with Crippen molar-refractivity contribution in [2.75, 3.05) is 16.3 Å². The molecule has 0 aliphatic carbocycles. The molecule has 2 amide bonds. The third-order valence-corrected chi connectivity index (χ3v) is 7.81. The minimum Gasteiger partial charge on any atom is -0.366 e. The summed E-state index contributed by atoms with van der Waals surface area (Å²) in [5, 5.41) is 3.29. The van der Waals surface area contributed by atoms with Gasteiger partial charge in [0.1, 0.15) is 5.57 Å². The van der Waals surface area contributed by atoms with Crippen LogP contribution >= 0.6 is 35.4 Å². The standard InChI is InChI=1S/C27H29Cl2N3O2S/c1-6-9-31-23-10-15(2)17(11-19(23)16(3)14-27(31,4)5)12-20-24(33)30-26(35)32(25(20)34)18-7-8-21(28)22(29)13-18/h7-8,10-13,16H,6,9,14H2,1-5H3,(H,30,33,35)/b20-12-. The third-order valence-electron chi connectivity index (χ3n) is 6.78. The van der Waals surface area contributed by atoms with Gasteiger partial charge in [-0.1, -0.05) is 37.0 Å². The molecule has 4 rings (SSSR count). The van der Waals surface area contributed by atoms with Crippen molar-refractivity contribution in [3.63, 3.8) is 0 Å². The second-order valence-electron chi connectivity index (χ2n) is 9.89. The Hall–Kier alpha value is -2.41. The minimum absolute atomic E-state index is 0.00348. The molecule has 35 heavy (non-hydrogen) atoms. The van der Waals surface area contributed by atoms with E-state index in [-0.39, 0.29) is 16.2 Å². The van der Waals surface area contributed by atoms with Crippen LogP contribution in [-0.4, -0.2) is 29.0 Å². The molecule has 1 atom stereocenters. The number of carbonyl (C=O) groups excluding carboxylic acids is 2. The zero-order chi connectivity index (χ0) is 25.7. The van der Waals surface area contributed by atoms with E-state index in [0.717, 1.165) is 30.5 Å². The summed E-state index contributed by atoms with van der Waals surface area (Å²) in [5.74, 6) is -0.673. The van der Waals surface area contributed by atoms with Crippen molar-refractivity contribution in [2.45, 2.75) is 58.9 Å². The zero-order valence-electron chi connectivity index (χ0n) is 20.5. The molecule has 0 aromatic heterocycles. The molecule has 5 nitrogen and oxygen atoms in total. The first-order chi connectivity index (χ1) is 16.4. The number of carbonyl (C=O) groups is 2. The summed E-state index contributed by atoms with van der Waals surface area (Å²) in [6.45, 7) is 12.0. The number of amides is 2. The average Bonchev–Trinajstić information content (AvgIpc) is 2.76. The Labute approximate surface area is 222 Å². The summed E-state index contributed by atoms with van der Waals surface area (Å²) in [4.78, 5) is 30.0. The predicted octanol–water partition coefficient (Wildman–Crippen LogP) is 6.64. The van der Waals surface area contributed by atoms with E-state index in [1.165, 1.54) is 16.2 Å². The van der Waals surface area contributed by atoms with Crippen molar-refractivity contribution < 1.29 is 9.59 Å². The number of halogens is 2. The average molecular weight is 531 g/mol. The summed E-state index contributed by atoms with van der Waals surface area (Å²) in [6, 6.07) is 9.09. The summed E-state index contributed by atoms with van der Waals surface area (Å²) in [5.41, 5.74) is 4.81. The van der Waals surface area contributed by atoms with Gasteiger partial charge >= 0.3 is 0 Å². The van der Waals surface area contributed by atoms with E-state index >= 15 is 0 Å². The SMILES string of the molecule is CCCN1c2cc(C)c(/C=C3/C(=O)NC(=S)N(c4ccc(Cl)c(Cl)c4)C3=O)cc2C(C)CC1(C)C. The van der Waals surface area contributed by atoms with Crippen molar-refractivity contribution in [1.29, 1.82) is 0 Å². The second kappa shape index (κ2) is 9.57. The Bertz CT molecular complexity index is 1270. The van der Waals surface area contributed by atoms with Crippen molar-refractivity contribution >= 4 is 69.8 Å². The lowest BCUT2D eigenvalue weighted by Crippen LogP contribution is -2.54. The maximum atomic E-state index is 13.5. The van der Waals surface area contributed by atoms with Crippen molar-refractivity contribution in [1.82, 2.24) is 5.32 Å². The van der Waals surface area contributed by atoms with Crippen LogP contribution in [-0.2, 0) is 9.59 Å². The molecule has 0 radical (unpaired) electrons. The van der Waals surface area contributed by atoms with E-state index in [1.807, 2.05) is 6.92 Å². The van der Waals surface area contributed by atoms with Crippen LogP contribution in [0.3, 0.4) is 0 Å². The van der Waals surface area contributed by atoms with E-state index in [0.29, 0.717) is 21.7 Å². The molecule has 8 heteroatoms. The lowest BCUT2D eigenvalue weighted by atomic mass is 9.78. The molecule has 1 unspecified atom stereocenters. The minimum atomic E-state index is -0.518. The molecule has 0 saturated carbocycles. The first-order valence-electron chi connectivity index (χ1n) is 11.7. The molecular formula is C27H29Cl2N3O2S. The summed E-state index contributed by atoms with van der Waals surface area (Å²) < 4.78 is 0. The molecule has 1 N–H and O–H groups in total. The fourth-order valence-electron chi connectivity index (χ4n) is 5.12. The van der Waals surface area contributed by atoms with Gasteiger partial charge in [0.2, 0.25) is 0 Å². The number of benzene rings is 2. The highest BCUT2D eigenvalue weighted by atomic mass is 35.5. The number of rotatable bonds is 4.